The van der Waals surface area contributed by atoms with Crippen LogP contribution in [-0.2, 0) is 15.0 Å². The van der Waals surface area contributed by atoms with E-state index in [1.807, 2.05) is 43.3 Å². The van der Waals surface area contributed by atoms with Crippen LogP contribution in [0.5, 0.6) is 0 Å². The summed E-state index contributed by atoms with van der Waals surface area (Å²) in [6.45, 7) is 8.31. The third-order valence-corrected chi connectivity index (χ3v) is 6.04. The molecule has 2 aromatic rings. The summed E-state index contributed by atoms with van der Waals surface area (Å²) in [6.07, 6.45) is 9.16. The van der Waals surface area contributed by atoms with Gasteiger partial charge in [-0.2, -0.15) is 0 Å². The number of hydrogen-bond acceptors (Lipinski definition) is 3. The lowest BCUT2D eigenvalue weighted by Crippen LogP contribution is -2.47. The Morgan fingerprint density at radius 1 is 1.10 bits per heavy atom. The Morgan fingerprint density at radius 2 is 1.77 bits per heavy atom. The lowest BCUT2D eigenvalue weighted by molar-refractivity contribution is -0.127. The molecule has 3 rings (SSSR count). The predicted molar refractivity (Wildman–Crippen MR) is 125 cm³/mol. The summed E-state index contributed by atoms with van der Waals surface area (Å²) in [7, 11) is 0. The molecule has 0 aliphatic heterocycles. The van der Waals surface area contributed by atoms with Crippen LogP contribution in [0.4, 0.5) is 5.69 Å². The number of nitrogens with zero attached hydrogens (tertiary/aromatic N) is 2. The van der Waals surface area contributed by atoms with Gasteiger partial charge in [0.2, 0.25) is 11.8 Å². The first kappa shape index (κ1) is 23.0. The van der Waals surface area contributed by atoms with Crippen LogP contribution in [0.2, 0.25) is 0 Å². The Kier molecular flexibility index (Phi) is 7.47. The zero-order valence-electron chi connectivity index (χ0n) is 19.2. The molecule has 1 fully saturated rings. The van der Waals surface area contributed by atoms with Crippen LogP contribution in [0, 0.1) is 0 Å². The van der Waals surface area contributed by atoms with E-state index < -0.39 is 6.04 Å². The second kappa shape index (κ2) is 10.1. The molecule has 1 aliphatic rings. The number of pyridine rings is 1. The third kappa shape index (κ3) is 5.72. The van der Waals surface area contributed by atoms with Gasteiger partial charge in [-0.1, -0.05) is 65.2 Å². The van der Waals surface area contributed by atoms with Crippen molar-refractivity contribution in [2.45, 2.75) is 83.7 Å². The Hall–Kier alpha value is -2.69. The highest BCUT2D eigenvalue weighted by Gasteiger charge is 2.33. The molecule has 1 N–H and O–H groups in total. The van der Waals surface area contributed by atoms with Crippen LogP contribution >= 0.6 is 0 Å². The summed E-state index contributed by atoms with van der Waals surface area (Å²) in [5, 5.41) is 3.22. The molecule has 2 amide bonds. The van der Waals surface area contributed by atoms with E-state index in [0.717, 1.165) is 36.9 Å². The largest absolute Gasteiger partial charge is 0.351 e. The molecule has 1 atom stereocenters. The van der Waals surface area contributed by atoms with E-state index in [-0.39, 0.29) is 23.3 Å². The fraction of sp³-hybridized carbons (Fsp3) is 0.500. The second-order valence-electron chi connectivity index (χ2n) is 9.45. The molecule has 0 saturated heterocycles. The smallest absolute Gasteiger partial charge is 0.248 e. The monoisotopic (exact) mass is 421 g/mol. The minimum Gasteiger partial charge on any atom is -0.351 e. The zero-order valence-corrected chi connectivity index (χ0v) is 19.2. The molecular weight excluding hydrogens is 386 g/mol. The molecule has 5 heteroatoms. The summed E-state index contributed by atoms with van der Waals surface area (Å²) < 4.78 is 0. The fourth-order valence-corrected chi connectivity index (χ4v) is 4.21. The van der Waals surface area contributed by atoms with Gasteiger partial charge < -0.3 is 5.32 Å². The minimum absolute atomic E-state index is 0.0131. The zero-order chi connectivity index (χ0) is 22.4. The standard InChI is InChI=1S/C26H35N3O2/c1-5-23(30)29(22-15-13-20(14-16-22)26(2,3)4)24(19-10-9-17-27-18-19)25(31)28-21-11-7-6-8-12-21/h9-10,13-18,21,24H,5-8,11-12H2,1-4H3,(H,28,31)/t24-/m1/s1. The molecule has 1 saturated carbocycles. The molecule has 5 nitrogen and oxygen atoms in total. The lowest BCUT2D eigenvalue weighted by atomic mass is 9.87. The number of aromatic nitrogens is 1. The van der Waals surface area contributed by atoms with E-state index in [2.05, 4.69) is 31.1 Å². The summed E-state index contributed by atoms with van der Waals surface area (Å²) in [5.74, 6) is -0.224. The Labute approximate surface area is 186 Å². The number of hydrogen-bond donors (Lipinski definition) is 1. The highest BCUT2D eigenvalue weighted by Crippen LogP contribution is 2.31. The number of nitrogens with one attached hydrogen (secondary N) is 1. The van der Waals surface area contributed by atoms with E-state index in [9.17, 15) is 9.59 Å². The maximum absolute atomic E-state index is 13.5. The maximum Gasteiger partial charge on any atom is 0.248 e. The van der Waals surface area contributed by atoms with Crippen molar-refractivity contribution in [3.05, 3.63) is 59.9 Å². The van der Waals surface area contributed by atoms with Gasteiger partial charge in [0.25, 0.3) is 0 Å². The molecule has 166 valence electrons. The molecule has 1 heterocycles. The summed E-state index contributed by atoms with van der Waals surface area (Å²) >= 11 is 0. The van der Waals surface area contributed by atoms with Gasteiger partial charge in [-0.3, -0.25) is 19.5 Å². The van der Waals surface area contributed by atoms with Gasteiger partial charge in [0.15, 0.2) is 0 Å². The third-order valence-electron chi connectivity index (χ3n) is 6.04. The molecule has 0 spiro atoms. The first-order chi connectivity index (χ1) is 14.8. The normalized spacial score (nSPS) is 15.9. The van der Waals surface area contributed by atoms with E-state index in [4.69, 9.17) is 0 Å². The van der Waals surface area contributed by atoms with Gasteiger partial charge in [0, 0.05) is 36.1 Å². The summed E-state index contributed by atoms with van der Waals surface area (Å²) in [5.41, 5.74) is 2.65. The van der Waals surface area contributed by atoms with Gasteiger partial charge in [0.1, 0.15) is 6.04 Å². The summed E-state index contributed by atoms with van der Waals surface area (Å²) in [6, 6.07) is 11.1. The molecule has 0 unspecified atom stereocenters. The second-order valence-corrected chi connectivity index (χ2v) is 9.45. The highest BCUT2D eigenvalue weighted by atomic mass is 16.2. The number of anilines is 1. The number of amides is 2. The van der Waals surface area contributed by atoms with Crippen molar-refractivity contribution in [3.63, 3.8) is 0 Å². The van der Waals surface area contributed by atoms with Crippen molar-refractivity contribution in [1.82, 2.24) is 10.3 Å². The quantitative estimate of drug-likeness (QED) is 0.687. The molecule has 0 bridgehead atoms. The van der Waals surface area contributed by atoms with Crippen LogP contribution < -0.4 is 10.2 Å². The van der Waals surface area contributed by atoms with Crippen LogP contribution in [0.15, 0.2) is 48.8 Å². The van der Waals surface area contributed by atoms with Crippen molar-refractivity contribution in [1.29, 1.82) is 0 Å². The van der Waals surface area contributed by atoms with E-state index >= 15 is 0 Å². The van der Waals surface area contributed by atoms with Crippen molar-refractivity contribution >= 4 is 17.5 Å². The van der Waals surface area contributed by atoms with E-state index in [1.54, 1.807) is 17.3 Å². The minimum atomic E-state index is -0.747. The average Bonchev–Trinajstić information content (AvgIpc) is 2.77. The van der Waals surface area contributed by atoms with Crippen molar-refractivity contribution < 1.29 is 9.59 Å². The molecule has 0 radical (unpaired) electrons. The van der Waals surface area contributed by atoms with Gasteiger partial charge in [-0.15, -0.1) is 0 Å². The maximum atomic E-state index is 13.5. The lowest BCUT2D eigenvalue weighted by Gasteiger charge is -2.33. The van der Waals surface area contributed by atoms with Crippen molar-refractivity contribution in [2.75, 3.05) is 4.90 Å². The van der Waals surface area contributed by atoms with Gasteiger partial charge in [-0.05, 0) is 42.0 Å². The van der Waals surface area contributed by atoms with Gasteiger partial charge in [-0.25, -0.2) is 0 Å². The van der Waals surface area contributed by atoms with Crippen LogP contribution in [0.25, 0.3) is 0 Å². The number of carbonyl (C=O) groups excluding carboxylic acids is 2. The van der Waals surface area contributed by atoms with Crippen LogP contribution in [0.3, 0.4) is 0 Å². The molecule has 1 aliphatic carbocycles. The topological polar surface area (TPSA) is 62.3 Å². The average molecular weight is 422 g/mol. The van der Waals surface area contributed by atoms with Gasteiger partial charge in [0.05, 0.1) is 0 Å². The Morgan fingerprint density at radius 3 is 2.32 bits per heavy atom. The SMILES string of the molecule is CCC(=O)N(c1ccc(C(C)(C)C)cc1)[C@@H](C(=O)NC1CCCCC1)c1cccnc1. The molecule has 1 aromatic carbocycles. The summed E-state index contributed by atoms with van der Waals surface area (Å²) in [4.78, 5) is 32.5. The molecular formula is C26H35N3O2. The predicted octanol–water partition coefficient (Wildman–Crippen LogP) is 5.31. The number of benzene rings is 1. The highest BCUT2D eigenvalue weighted by molar-refractivity contribution is 6.01. The molecule has 31 heavy (non-hydrogen) atoms. The first-order valence-electron chi connectivity index (χ1n) is 11.4. The van der Waals surface area contributed by atoms with E-state index in [0.29, 0.717) is 6.42 Å². The van der Waals surface area contributed by atoms with Crippen LogP contribution in [-0.4, -0.2) is 22.8 Å². The first-order valence-corrected chi connectivity index (χ1v) is 11.4. The number of carbonyl (C=O) groups is 2. The Bertz CT molecular complexity index is 866. The van der Waals surface area contributed by atoms with Gasteiger partial charge >= 0.3 is 0 Å². The Balaban J connectivity index is 1.99. The number of rotatable bonds is 6. The van der Waals surface area contributed by atoms with Crippen LogP contribution in [0.1, 0.15) is 83.4 Å². The van der Waals surface area contributed by atoms with Crippen molar-refractivity contribution in [2.24, 2.45) is 0 Å². The van der Waals surface area contributed by atoms with Crippen molar-refractivity contribution in [3.8, 4) is 0 Å². The fourth-order valence-electron chi connectivity index (χ4n) is 4.21. The van der Waals surface area contributed by atoms with E-state index in [1.165, 1.54) is 12.0 Å². The molecule has 1 aromatic heterocycles.